The molecule has 0 aromatic heterocycles. The Hall–Kier alpha value is 0.402. The molecule has 6 heteroatoms. The fourth-order valence-electron chi connectivity index (χ4n) is 2.51. The normalized spacial score (nSPS) is 23.5. The van der Waals surface area contributed by atoms with Crippen LogP contribution in [0.5, 0.6) is 0 Å². The predicted octanol–water partition coefficient (Wildman–Crippen LogP) is 3.61. The summed E-state index contributed by atoms with van der Waals surface area (Å²) in [7, 11) is 0. The monoisotopic (exact) mass is 553 g/mol. The topological polar surface area (TPSA) is 54.0 Å². The molecule has 1 rings (SSSR count). The van der Waals surface area contributed by atoms with Crippen LogP contribution in [-0.4, -0.2) is 37.7 Å². The van der Waals surface area contributed by atoms with Crippen molar-refractivity contribution in [1.29, 1.82) is 0 Å². The molecule has 0 spiro atoms. The quantitative estimate of drug-likeness (QED) is 0.160. The van der Waals surface area contributed by atoms with Gasteiger partial charge in [0, 0.05) is 50.7 Å². The zero-order valence-electron chi connectivity index (χ0n) is 14.7. The van der Waals surface area contributed by atoms with E-state index in [9.17, 15) is 4.79 Å². The van der Waals surface area contributed by atoms with Gasteiger partial charge in [0.1, 0.15) is 12.9 Å². The van der Waals surface area contributed by atoms with E-state index in [1.807, 2.05) is 6.92 Å². The van der Waals surface area contributed by atoms with Crippen LogP contribution in [0.4, 0.5) is 0 Å². The van der Waals surface area contributed by atoms with Crippen molar-refractivity contribution in [2.24, 2.45) is 0 Å². The van der Waals surface area contributed by atoms with Crippen molar-refractivity contribution in [2.45, 2.75) is 84.0 Å². The minimum absolute atomic E-state index is 0. The molecular weight excluding hydrogens is 522 g/mol. The molecule has 23 heavy (non-hydrogen) atoms. The first-order chi connectivity index (χ1) is 10.7. The van der Waals surface area contributed by atoms with Crippen molar-refractivity contribution in [3.05, 3.63) is 6.61 Å². The van der Waals surface area contributed by atoms with Crippen molar-refractivity contribution < 1.29 is 54.9 Å². The molecule has 0 N–H and O–H groups in total. The van der Waals surface area contributed by atoms with Crippen LogP contribution in [-0.2, 0) is 23.7 Å². The van der Waals surface area contributed by atoms with Crippen LogP contribution in [0, 0.1) is 37.7 Å². The third-order valence-electron chi connectivity index (χ3n) is 3.77. The van der Waals surface area contributed by atoms with Gasteiger partial charge >= 0.3 is 5.97 Å². The molecule has 0 saturated carbocycles. The van der Waals surface area contributed by atoms with Crippen LogP contribution in [0.25, 0.3) is 0 Å². The van der Waals surface area contributed by atoms with Crippen molar-refractivity contribution in [1.82, 2.24) is 0 Å². The molecule has 0 aromatic carbocycles. The number of esters is 1. The van der Waals surface area contributed by atoms with Crippen molar-refractivity contribution in [2.75, 3.05) is 13.4 Å². The van der Waals surface area contributed by atoms with E-state index in [1.54, 1.807) is 6.61 Å². The molecule has 1 aliphatic heterocycles. The van der Waals surface area contributed by atoms with Gasteiger partial charge < -0.3 is 18.9 Å². The summed E-state index contributed by atoms with van der Waals surface area (Å²) < 4.78 is 21.9. The summed E-state index contributed by atoms with van der Waals surface area (Å²) in [4.78, 5) is 11.2. The number of carbonyl (C=O) groups is 1. The number of carbonyl (C=O) groups excluding carboxylic acids is 1. The van der Waals surface area contributed by atoms with Gasteiger partial charge in [0.25, 0.3) is 0 Å². The Morgan fingerprint density at radius 2 is 1.83 bits per heavy atom. The number of unbranched alkanes of at least 4 members (excludes halogenated alkanes) is 5. The van der Waals surface area contributed by atoms with Crippen molar-refractivity contribution in [3.8, 4) is 0 Å². The van der Waals surface area contributed by atoms with Crippen molar-refractivity contribution in [3.63, 3.8) is 0 Å². The molecule has 0 aliphatic carbocycles. The van der Waals surface area contributed by atoms with Crippen LogP contribution in [0.1, 0.15) is 65.7 Å². The second-order valence-corrected chi connectivity index (χ2v) is 5.72. The van der Waals surface area contributed by atoms with E-state index >= 15 is 0 Å². The molecule has 1 aliphatic rings. The molecule has 3 atom stereocenters. The van der Waals surface area contributed by atoms with Crippen LogP contribution in [0.3, 0.4) is 0 Å². The average molecular weight is 553 g/mol. The summed E-state index contributed by atoms with van der Waals surface area (Å²) in [5, 5.41) is 0. The molecule has 0 radical (unpaired) electrons. The zero-order chi connectivity index (χ0) is 16.2. The first kappa shape index (κ1) is 23.4. The summed E-state index contributed by atoms with van der Waals surface area (Å²) in [6, 6.07) is 0. The number of hydrogen-bond acceptors (Lipinski definition) is 5. The zero-order valence-corrected chi connectivity index (χ0v) is 18.9. The molecule has 1 fully saturated rings. The van der Waals surface area contributed by atoms with Gasteiger partial charge in [0.05, 0.1) is 6.10 Å². The maximum atomic E-state index is 11.2. The Morgan fingerprint density at radius 1 is 1.13 bits per heavy atom. The van der Waals surface area contributed by atoms with E-state index in [0.717, 1.165) is 12.8 Å². The molecule has 1 saturated heterocycles. The van der Waals surface area contributed by atoms with E-state index in [0.29, 0.717) is 6.61 Å². The fourth-order valence-corrected chi connectivity index (χ4v) is 2.51. The second-order valence-electron chi connectivity index (χ2n) is 5.72. The number of ether oxygens (including phenoxy) is 4. The smallest absolute Gasteiger partial charge is 0.302 e. The first-order valence-electron chi connectivity index (χ1n) is 8.54. The molecule has 5 nitrogen and oxygen atoms in total. The maximum Gasteiger partial charge on any atom is 0.302 e. The molecule has 1 heterocycles. The molecule has 0 bridgehead atoms. The predicted molar refractivity (Wildman–Crippen MR) is 84.1 cm³/mol. The molecule has 0 aromatic rings. The van der Waals surface area contributed by atoms with E-state index in [1.165, 1.54) is 39.0 Å². The van der Waals surface area contributed by atoms with Crippen LogP contribution in [0.15, 0.2) is 0 Å². The van der Waals surface area contributed by atoms with Gasteiger partial charge in [0.15, 0.2) is 0 Å². The second kappa shape index (κ2) is 14.7. The van der Waals surface area contributed by atoms with Crippen LogP contribution in [0.2, 0.25) is 0 Å². The first-order valence-corrected chi connectivity index (χ1v) is 8.54. The fraction of sp³-hybridized carbons (Fsp3) is 0.882. The van der Waals surface area contributed by atoms with E-state index < -0.39 is 0 Å². The van der Waals surface area contributed by atoms with E-state index in [4.69, 9.17) is 18.9 Å². The molecule has 0 amide bonds. The van der Waals surface area contributed by atoms with E-state index in [-0.39, 0.29) is 62.2 Å². The van der Waals surface area contributed by atoms with Gasteiger partial charge in [-0.15, -0.1) is 0 Å². The third-order valence-corrected chi connectivity index (χ3v) is 3.77. The summed E-state index contributed by atoms with van der Waals surface area (Å²) >= 11 is 0. The Bertz CT molecular complexity index is 301. The van der Waals surface area contributed by atoms with Crippen molar-refractivity contribution >= 4 is 5.97 Å². The molecular formula is C17H31O5U-. The summed E-state index contributed by atoms with van der Waals surface area (Å²) in [6.45, 7) is 8.12. The molecule has 1 unspecified atom stereocenters. The minimum Gasteiger partial charge on any atom is -0.544 e. The van der Waals surface area contributed by atoms with Gasteiger partial charge in [-0.25, -0.2) is 0 Å². The number of rotatable bonds is 12. The van der Waals surface area contributed by atoms with Gasteiger partial charge in [-0.05, 0) is 12.8 Å². The maximum absolute atomic E-state index is 11.2. The summed E-state index contributed by atoms with van der Waals surface area (Å²) in [5.41, 5.74) is 0. The van der Waals surface area contributed by atoms with Gasteiger partial charge in [-0.1, -0.05) is 46.0 Å². The minimum atomic E-state index is -0.375. The summed E-state index contributed by atoms with van der Waals surface area (Å²) in [6.07, 6.45) is 7.34. The Kier molecular flexibility index (Phi) is 15.0. The number of hydrogen-bond donors (Lipinski definition) is 0. The Balaban J connectivity index is 0.00000484. The van der Waals surface area contributed by atoms with Gasteiger partial charge in [0.2, 0.25) is 0 Å². The largest absolute Gasteiger partial charge is 0.544 e. The van der Waals surface area contributed by atoms with Crippen LogP contribution < -0.4 is 0 Å². The Labute approximate surface area is 164 Å². The van der Waals surface area contributed by atoms with E-state index in [2.05, 4.69) is 6.92 Å². The Morgan fingerprint density at radius 3 is 2.48 bits per heavy atom. The standard InChI is InChI=1S/C17H31O5.U/c1-4-6-7-8-9-10-11-19-13-21-16-12-20-15(5-2)17(16)22-14(3)18;/h12,15-17H,4-11,13H2,1-3H3;/q-1;/t15-,16?,17+;/m1./s1. The van der Waals surface area contributed by atoms with Crippen LogP contribution >= 0.6 is 0 Å². The van der Waals surface area contributed by atoms with Gasteiger partial charge in [-0.3, -0.25) is 4.79 Å². The molecule has 134 valence electrons. The summed E-state index contributed by atoms with van der Waals surface area (Å²) in [5.74, 6) is -0.316. The average Bonchev–Trinajstić information content (AvgIpc) is 2.87. The van der Waals surface area contributed by atoms with Gasteiger partial charge in [-0.2, -0.15) is 6.61 Å². The third kappa shape index (κ3) is 10.1. The SMILES string of the molecule is CCCCCCCCOCOC1[CH-]O[C@H](CC)[C@@H]1OC(C)=O.[U].